The molecule has 0 spiro atoms. The lowest BCUT2D eigenvalue weighted by molar-refractivity contribution is -0.117. The zero-order valence-corrected chi connectivity index (χ0v) is 27.8. The van der Waals surface area contributed by atoms with E-state index in [1.54, 1.807) is 0 Å². The van der Waals surface area contributed by atoms with E-state index in [4.69, 9.17) is 4.99 Å². The van der Waals surface area contributed by atoms with Crippen molar-refractivity contribution in [2.24, 2.45) is 9.98 Å². The molecule has 0 aliphatic heterocycles. The van der Waals surface area contributed by atoms with Crippen molar-refractivity contribution in [3.05, 3.63) is 77.9 Å². The minimum atomic E-state index is -0.494. The van der Waals surface area contributed by atoms with Crippen LogP contribution in [0.2, 0.25) is 0 Å². The van der Waals surface area contributed by atoms with Gasteiger partial charge in [0.2, 0.25) is 5.91 Å². The Balaban J connectivity index is 1.34. The Morgan fingerprint density at radius 2 is 1.41 bits per heavy atom. The van der Waals surface area contributed by atoms with Crippen LogP contribution in [0.1, 0.15) is 89.2 Å². The Hall–Kier alpha value is -4.07. The SMILES string of the molecule is CCNC(=NCc1ccc(NC(=O)[C@H](Cc2ccc3ccccc3c2)NC(=NC2CCCCC2)NC2CCCCC2)cc1)NCC. The zero-order valence-electron chi connectivity index (χ0n) is 27.8. The van der Waals surface area contributed by atoms with Crippen LogP contribution in [0.5, 0.6) is 0 Å². The van der Waals surface area contributed by atoms with E-state index in [0.717, 1.165) is 67.5 Å². The van der Waals surface area contributed by atoms with E-state index in [0.29, 0.717) is 25.0 Å². The quantitative estimate of drug-likeness (QED) is 0.121. The molecule has 1 atom stereocenters. The molecule has 3 aromatic carbocycles. The molecule has 2 saturated carbocycles. The average Bonchev–Trinajstić information content (AvgIpc) is 3.08. The summed E-state index contributed by atoms with van der Waals surface area (Å²) in [6, 6.07) is 23.1. The Labute approximate surface area is 275 Å². The predicted molar refractivity (Wildman–Crippen MR) is 192 cm³/mol. The summed E-state index contributed by atoms with van der Waals surface area (Å²) in [6.45, 7) is 6.30. The summed E-state index contributed by atoms with van der Waals surface area (Å²) in [4.78, 5) is 23.9. The minimum absolute atomic E-state index is 0.0673. The predicted octanol–water partition coefficient (Wildman–Crippen LogP) is 6.67. The van der Waals surface area contributed by atoms with Gasteiger partial charge < -0.3 is 26.6 Å². The normalized spacial score (nSPS) is 16.8. The van der Waals surface area contributed by atoms with Gasteiger partial charge in [0.1, 0.15) is 6.04 Å². The maximum atomic E-state index is 14.0. The number of hydrogen-bond donors (Lipinski definition) is 5. The molecule has 1 amide bonds. The number of fused-ring (bicyclic) bond motifs is 1. The van der Waals surface area contributed by atoms with Gasteiger partial charge >= 0.3 is 0 Å². The molecule has 0 heterocycles. The van der Waals surface area contributed by atoms with Crippen LogP contribution in [0.4, 0.5) is 5.69 Å². The summed E-state index contributed by atoms with van der Waals surface area (Å²) in [7, 11) is 0. The highest BCUT2D eigenvalue weighted by molar-refractivity contribution is 5.98. The van der Waals surface area contributed by atoms with Gasteiger partial charge in [0, 0.05) is 31.2 Å². The van der Waals surface area contributed by atoms with Crippen molar-refractivity contribution in [1.82, 2.24) is 21.3 Å². The molecule has 0 saturated heterocycles. The van der Waals surface area contributed by atoms with Gasteiger partial charge in [-0.3, -0.25) is 4.79 Å². The molecule has 0 bridgehead atoms. The number of aliphatic imine (C=N–C) groups is 2. The van der Waals surface area contributed by atoms with Crippen LogP contribution in [0.15, 0.2) is 76.7 Å². The first-order valence-corrected chi connectivity index (χ1v) is 17.6. The number of benzene rings is 3. The van der Waals surface area contributed by atoms with Gasteiger partial charge in [-0.15, -0.1) is 0 Å². The third-order valence-corrected chi connectivity index (χ3v) is 9.04. The number of amides is 1. The van der Waals surface area contributed by atoms with Gasteiger partial charge in [-0.2, -0.15) is 0 Å². The number of nitrogens with zero attached hydrogens (tertiary/aromatic N) is 2. The van der Waals surface area contributed by atoms with Crippen molar-refractivity contribution in [2.75, 3.05) is 18.4 Å². The van der Waals surface area contributed by atoms with Crippen molar-refractivity contribution in [2.45, 2.75) is 109 Å². The van der Waals surface area contributed by atoms with Crippen LogP contribution in [0, 0.1) is 0 Å². The van der Waals surface area contributed by atoms with Crippen LogP contribution in [-0.4, -0.2) is 49.0 Å². The van der Waals surface area contributed by atoms with Gasteiger partial charge in [-0.25, -0.2) is 9.98 Å². The first-order chi connectivity index (χ1) is 22.6. The van der Waals surface area contributed by atoms with E-state index >= 15 is 0 Å². The fourth-order valence-electron chi connectivity index (χ4n) is 6.53. The standard InChI is InChI=1S/C38H53N7O/c1-3-39-37(40-4-2)41-27-28-20-23-34(24-21-28)42-36(46)35(26-29-19-22-30-13-11-12-14-31(30)25-29)45-38(43-32-15-7-5-8-16-32)44-33-17-9-6-10-18-33/h11-14,19-25,32-33,35H,3-10,15-18,26-27H2,1-2H3,(H,42,46)(H2,39,40,41)(H2,43,44,45)/t35-/m0/s1. The molecule has 2 fully saturated rings. The molecule has 5 N–H and O–H groups in total. The summed E-state index contributed by atoms with van der Waals surface area (Å²) in [5, 5.41) is 19.5. The van der Waals surface area contributed by atoms with E-state index in [2.05, 4.69) is 87.9 Å². The van der Waals surface area contributed by atoms with Gasteiger partial charge in [-0.05, 0) is 73.6 Å². The topological polar surface area (TPSA) is 102 Å². The highest BCUT2D eigenvalue weighted by atomic mass is 16.2. The third kappa shape index (κ3) is 10.2. The maximum absolute atomic E-state index is 14.0. The van der Waals surface area contributed by atoms with Gasteiger partial charge in [0.05, 0.1) is 12.6 Å². The van der Waals surface area contributed by atoms with Crippen molar-refractivity contribution in [1.29, 1.82) is 0 Å². The van der Waals surface area contributed by atoms with Crippen LogP contribution in [0.3, 0.4) is 0 Å². The second-order valence-corrected chi connectivity index (χ2v) is 12.7. The molecule has 2 aliphatic rings. The van der Waals surface area contributed by atoms with E-state index < -0.39 is 6.04 Å². The third-order valence-electron chi connectivity index (χ3n) is 9.04. The Morgan fingerprint density at radius 1 is 0.761 bits per heavy atom. The maximum Gasteiger partial charge on any atom is 0.247 e. The lowest BCUT2D eigenvalue weighted by Crippen LogP contribution is -2.53. The number of carbonyl (C=O) groups is 1. The van der Waals surface area contributed by atoms with E-state index in [1.165, 1.54) is 49.3 Å². The highest BCUT2D eigenvalue weighted by Crippen LogP contribution is 2.22. The summed E-state index contributed by atoms with van der Waals surface area (Å²) in [5.41, 5.74) is 2.97. The van der Waals surface area contributed by atoms with Gasteiger partial charge in [0.25, 0.3) is 0 Å². The number of carbonyl (C=O) groups excluding carboxylic acids is 1. The second kappa shape index (κ2) is 17.6. The molecule has 3 aromatic rings. The number of hydrogen-bond acceptors (Lipinski definition) is 3. The summed E-state index contributed by atoms with van der Waals surface area (Å²) < 4.78 is 0. The van der Waals surface area contributed by atoms with Gasteiger partial charge in [0.15, 0.2) is 11.9 Å². The number of nitrogens with one attached hydrogen (secondary N) is 5. The first kappa shape index (κ1) is 33.3. The van der Waals surface area contributed by atoms with Crippen molar-refractivity contribution in [3.8, 4) is 0 Å². The molecule has 46 heavy (non-hydrogen) atoms. The lowest BCUT2D eigenvalue weighted by atomic mass is 9.95. The van der Waals surface area contributed by atoms with Crippen molar-refractivity contribution in [3.63, 3.8) is 0 Å². The lowest BCUT2D eigenvalue weighted by Gasteiger charge is -2.29. The van der Waals surface area contributed by atoms with Crippen LogP contribution in [0.25, 0.3) is 10.8 Å². The van der Waals surface area contributed by atoms with E-state index in [1.807, 2.05) is 24.3 Å². The molecule has 0 aromatic heterocycles. The summed E-state index contributed by atoms with van der Waals surface area (Å²) in [6.07, 6.45) is 12.6. The number of guanidine groups is 2. The molecule has 5 rings (SSSR count). The minimum Gasteiger partial charge on any atom is -0.357 e. The Bertz CT molecular complexity index is 1430. The average molecular weight is 624 g/mol. The van der Waals surface area contributed by atoms with Crippen LogP contribution < -0.4 is 26.6 Å². The first-order valence-electron chi connectivity index (χ1n) is 17.6. The molecule has 2 aliphatic carbocycles. The Kier molecular flexibility index (Phi) is 12.7. The molecule has 246 valence electrons. The Morgan fingerprint density at radius 3 is 2.11 bits per heavy atom. The number of anilines is 1. The van der Waals surface area contributed by atoms with Crippen molar-refractivity contribution < 1.29 is 4.79 Å². The molecule has 0 radical (unpaired) electrons. The largest absolute Gasteiger partial charge is 0.357 e. The van der Waals surface area contributed by atoms with Crippen molar-refractivity contribution >= 4 is 34.3 Å². The zero-order chi connectivity index (χ0) is 32.0. The summed E-state index contributed by atoms with van der Waals surface area (Å²) >= 11 is 0. The fraction of sp³-hybridized carbons (Fsp3) is 0.500. The van der Waals surface area contributed by atoms with Crippen LogP contribution >= 0.6 is 0 Å². The molecular formula is C38H53N7O. The van der Waals surface area contributed by atoms with E-state index in [9.17, 15) is 4.79 Å². The monoisotopic (exact) mass is 623 g/mol. The molecule has 0 unspecified atom stereocenters. The van der Waals surface area contributed by atoms with E-state index in [-0.39, 0.29) is 5.91 Å². The molecular weight excluding hydrogens is 570 g/mol. The molecule has 8 nitrogen and oxygen atoms in total. The van der Waals surface area contributed by atoms with Gasteiger partial charge in [-0.1, -0.05) is 93.1 Å². The summed E-state index contributed by atoms with van der Waals surface area (Å²) in [5.74, 6) is 1.52. The molecule has 8 heteroatoms. The second-order valence-electron chi connectivity index (χ2n) is 12.7. The fourth-order valence-corrected chi connectivity index (χ4v) is 6.53. The smallest absolute Gasteiger partial charge is 0.247 e. The highest BCUT2D eigenvalue weighted by Gasteiger charge is 2.24. The van der Waals surface area contributed by atoms with Crippen LogP contribution in [-0.2, 0) is 17.8 Å². The number of rotatable bonds is 11.